The van der Waals surface area contributed by atoms with Crippen LogP contribution in [0, 0.1) is 5.92 Å². The lowest BCUT2D eigenvalue weighted by molar-refractivity contribution is 0.0513. The molecule has 0 bridgehead atoms. The highest BCUT2D eigenvalue weighted by atomic mass is 16.3. The topological polar surface area (TPSA) is 20.2 Å². The zero-order chi connectivity index (χ0) is 6.69. The van der Waals surface area contributed by atoms with Gasteiger partial charge in [-0.2, -0.15) is 0 Å². The van der Waals surface area contributed by atoms with E-state index in [1.807, 2.05) is 0 Å². The molecule has 0 radical (unpaired) electrons. The third-order valence-corrected chi connectivity index (χ3v) is 1.70. The van der Waals surface area contributed by atoms with Crippen molar-refractivity contribution in [3.05, 3.63) is 0 Å². The summed E-state index contributed by atoms with van der Waals surface area (Å²) in [5.41, 5.74) is 0. The first kappa shape index (κ1) is 7.07. The minimum Gasteiger partial charge on any atom is -0.393 e. The van der Waals surface area contributed by atoms with Crippen LogP contribution in [-0.2, 0) is 0 Å². The maximum atomic E-state index is 8.62. The molecule has 54 valence electrons. The van der Waals surface area contributed by atoms with Crippen molar-refractivity contribution in [2.75, 3.05) is 0 Å². The van der Waals surface area contributed by atoms with E-state index in [-0.39, 0.29) is 6.10 Å². The van der Waals surface area contributed by atoms with Crippen LogP contribution in [0.3, 0.4) is 0 Å². The first-order chi connectivity index (χ1) is 4.29. The number of aliphatic hydroxyl groups is 1. The second kappa shape index (κ2) is 3.21. The molecule has 2 fully saturated rings. The predicted molar refractivity (Wildman–Crippen MR) is 38.3 cm³/mol. The summed E-state index contributed by atoms with van der Waals surface area (Å²) in [6.45, 7) is 2.16. The van der Waals surface area contributed by atoms with Gasteiger partial charge >= 0.3 is 0 Å². The normalized spacial score (nSPS) is 38.0. The van der Waals surface area contributed by atoms with Crippen molar-refractivity contribution in [2.45, 2.75) is 45.1 Å². The molecule has 0 unspecified atom stereocenters. The molecule has 1 heteroatoms. The maximum Gasteiger partial charge on any atom is 0.0545 e. The molecule has 2 rings (SSSR count). The van der Waals surface area contributed by atoms with Crippen LogP contribution in [0.1, 0.15) is 39.0 Å². The number of hydrogen-bond acceptors (Lipinski definition) is 1. The van der Waals surface area contributed by atoms with E-state index in [1.54, 1.807) is 0 Å². The van der Waals surface area contributed by atoms with E-state index in [9.17, 15) is 0 Å². The Morgan fingerprint density at radius 1 is 1.11 bits per heavy atom. The lowest BCUT2D eigenvalue weighted by Gasteiger charge is -2.27. The third kappa shape index (κ3) is 3.52. The van der Waals surface area contributed by atoms with Gasteiger partial charge in [-0.3, -0.25) is 0 Å². The van der Waals surface area contributed by atoms with E-state index in [4.69, 9.17) is 5.11 Å². The highest BCUT2D eigenvalue weighted by molar-refractivity contribution is 4.73. The summed E-state index contributed by atoms with van der Waals surface area (Å²) in [4.78, 5) is 0. The average Bonchev–Trinajstić information content (AvgIpc) is 2.43. The Hall–Kier alpha value is -0.0400. The SMILES string of the molecule is C1CC1.CC1CC(O)C1. The second-order valence-corrected chi connectivity index (χ2v) is 3.29. The van der Waals surface area contributed by atoms with Gasteiger partial charge in [0.25, 0.3) is 0 Å². The van der Waals surface area contributed by atoms with Crippen LogP contribution in [0.25, 0.3) is 0 Å². The van der Waals surface area contributed by atoms with E-state index >= 15 is 0 Å². The summed E-state index contributed by atoms with van der Waals surface area (Å²) in [5.74, 6) is 0.792. The van der Waals surface area contributed by atoms with Crippen molar-refractivity contribution in [1.29, 1.82) is 0 Å². The van der Waals surface area contributed by atoms with E-state index in [0.717, 1.165) is 18.8 Å². The molecule has 0 spiro atoms. The van der Waals surface area contributed by atoms with Crippen molar-refractivity contribution in [3.63, 3.8) is 0 Å². The van der Waals surface area contributed by atoms with Gasteiger partial charge < -0.3 is 5.11 Å². The first-order valence-corrected chi connectivity index (χ1v) is 3.97. The molecular formula is C8H16O. The van der Waals surface area contributed by atoms with Gasteiger partial charge in [0, 0.05) is 0 Å². The average molecular weight is 128 g/mol. The summed E-state index contributed by atoms with van der Waals surface area (Å²) in [5, 5.41) is 8.62. The molecule has 0 saturated heterocycles. The molecule has 1 nitrogen and oxygen atoms in total. The zero-order valence-corrected chi connectivity index (χ0v) is 6.14. The molecular weight excluding hydrogens is 112 g/mol. The maximum absolute atomic E-state index is 8.62. The lowest BCUT2D eigenvalue weighted by atomic mass is 9.84. The van der Waals surface area contributed by atoms with Crippen molar-refractivity contribution in [1.82, 2.24) is 0 Å². The summed E-state index contributed by atoms with van der Waals surface area (Å²) >= 11 is 0. The molecule has 0 amide bonds. The minimum atomic E-state index is 0.0417. The highest BCUT2D eigenvalue weighted by Gasteiger charge is 2.21. The molecule has 1 N–H and O–H groups in total. The smallest absolute Gasteiger partial charge is 0.0545 e. The van der Waals surface area contributed by atoms with Gasteiger partial charge in [0.1, 0.15) is 0 Å². The van der Waals surface area contributed by atoms with Crippen LogP contribution in [0.4, 0.5) is 0 Å². The van der Waals surface area contributed by atoms with Gasteiger partial charge in [-0.1, -0.05) is 26.2 Å². The van der Waals surface area contributed by atoms with Gasteiger partial charge in [0.05, 0.1) is 6.10 Å². The Balaban J connectivity index is 0.000000112. The van der Waals surface area contributed by atoms with Crippen LogP contribution in [-0.4, -0.2) is 11.2 Å². The Bertz CT molecular complexity index is 63.9. The standard InChI is InChI=1S/C5H10O.C3H6/c1-4-2-5(6)3-4;1-2-3-1/h4-6H,2-3H2,1H3;1-3H2. The minimum absolute atomic E-state index is 0.0417. The van der Waals surface area contributed by atoms with E-state index in [1.165, 1.54) is 19.3 Å². The lowest BCUT2D eigenvalue weighted by Crippen LogP contribution is -2.25. The molecule has 0 aliphatic heterocycles. The fourth-order valence-corrected chi connectivity index (χ4v) is 0.860. The highest BCUT2D eigenvalue weighted by Crippen LogP contribution is 2.25. The van der Waals surface area contributed by atoms with Crippen molar-refractivity contribution in [2.24, 2.45) is 5.92 Å². The molecule has 2 aliphatic rings. The quantitative estimate of drug-likeness (QED) is 0.528. The Morgan fingerprint density at radius 3 is 1.56 bits per heavy atom. The second-order valence-electron chi connectivity index (χ2n) is 3.29. The van der Waals surface area contributed by atoms with Gasteiger partial charge in [0.2, 0.25) is 0 Å². The molecule has 0 aromatic heterocycles. The molecule has 0 aromatic rings. The van der Waals surface area contributed by atoms with Gasteiger partial charge in [-0.15, -0.1) is 0 Å². The molecule has 2 saturated carbocycles. The fraction of sp³-hybridized carbons (Fsp3) is 1.00. The summed E-state index contributed by atoms with van der Waals surface area (Å²) in [6.07, 6.45) is 6.60. The zero-order valence-electron chi connectivity index (χ0n) is 6.14. The summed E-state index contributed by atoms with van der Waals surface area (Å²) < 4.78 is 0. The Kier molecular flexibility index (Phi) is 2.52. The fourth-order valence-electron chi connectivity index (χ4n) is 0.860. The Labute approximate surface area is 57.1 Å². The third-order valence-electron chi connectivity index (χ3n) is 1.70. The molecule has 9 heavy (non-hydrogen) atoms. The van der Waals surface area contributed by atoms with Crippen molar-refractivity contribution >= 4 is 0 Å². The van der Waals surface area contributed by atoms with Crippen molar-refractivity contribution < 1.29 is 5.11 Å². The predicted octanol–water partition coefficient (Wildman–Crippen LogP) is 1.95. The van der Waals surface area contributed by atoms with Crippen LogP contribution >= 0.6 is 0 Å². The van der Waals surface area contributed by atoms with Crippen LogP contribution in [0.5, 0.6) is 0 Å². The summed E-state index contributed by atoms with van der Waals surface area (Å²) in [6, 6.07) is 0. The van der Waals surface area contributed by atoms with E-state index in [0.29, 0.717) is 0 Å². The molecule has 0 atom stereocenters. The Morgan fingerprint density at radius 2 is 1.56 bits per heavy atom. The van der Waals surface area contributed by atoms with E-state index in [2.05, 4.69) is 6.92 Å². The van der Waals surface area contributed by atoms with E-state index < -0.39 is 0 Å². The monoisotopic (exact) mass is 128 g/mol. The first-order valence-electron chi connectivity index (χ1n) is 3.97. The van der Waals surface area contributed by atoms with Gasteiger partial charge in [-0.05, 0) is 18.8 Å². The molecule has 0 heterocycles. The van der Waals surface area contributed by atoms with Gasteiger partial charge in [-0.25, -0.2) is 0 Å². The number of rotatable bonds is 0. The summed E-state index contributed by atoms with van der Waals surface area (Å²) in [7, 11) is 0. The van der Waals surface area contributed by atoms with Crippen molar-refractivity contribution in [3.8, 4) is 0 Å². The number of aliphatic hydroxyl groups excluding tert-OH is 1. The molecule has 2 aliphatic carbocycles. The molecule has 0 aromatic carbocycles. The van der Waals surface area contributed by atoms with Gasteiger partial charge in [0.15, 0.2) is 0 Å². The largest absolute Gasteiger partial charge is 0.393 e. The van der Waals surface area contributed by atoms with Crippen LogP contribution in [0.2, 0.25) is 0 Å². The number of hydrogen-bond donors (Lipinski definition) is 1. The van der Waals surface area contributed by atoms with Crippen LogP contribution in [0.15, 0.2) is 0 Å². The van der Waals surface area contributed by atoms with Crippen LogP contribution < -0.4 is 0 Å².